The predicted octanol–water partition coefficient (Wildman–Crippen LogP) is 8.13. The Morgan fingerprint density at radius 3 is 2.26 bits per heavy atom. The largest absolute Gasteiger partial charge is 0.325 e. The first kappa shape index (κ1) is 25.7. The van der Waals surface area contributed by atoms with Crippen molar-refractivity contribution in [3.05, 3.63) is 59.0 Å². The number of anilines is 1. The molecule has 4 rings (SSSR count). The molecule has 1 aliphatic carbocycles. The summed E-state index contributed by atoms with van der Waals surface area (Å²) >= 11 is 0. The van der Waals surface area contributed by atoms with Gasteiger partial charge < -0.3 is 15.3 Å². The van der Waals surface area contributed by atoms with E-state index in [0.717, 1.165) is 29.4 Å². The molecular formula is C29H38FN3O. The second-order valence-corrected chi connectivity index (χ2v) is 9.96. The van der Waals surface area contributed by atoms with Crippen LogP contribution >= 0.6 is 0 Å². The van der Waals surface area contributed by atoms with Gasteiger partial charge in [-0.15, -0.1) is 0 Å². The molecule has 2 N–H and O–H groups in total. The molecule has 1 amide bonds. The molecular weight excluding hydrogens is 425 g/mol. The van der Waals surface area contributed by atoms with Crippen LogP contribution in [-0.2, 0) is 4.79 Å². The highest BCUT2D eigenvalue weighted by Crippen LogP contribution is 2.41. The number of amides is 1. The molecule has 1 fully saturated rings. The van der Waals surface area contributed by atoms with Crippen molar-refractivity contribution in [2.75, 3.05) is 5.32 Å². The topological polar surface area (TPSA) is 57.9 Å². The van der Waals surface area contributed by atoms with Crippen molar-refractivity contribution in [2.45, 2.75) is 79.6 Å². The van der Waals surface area contributed by atoms with Crippen molar-refractivity contribution in [1.29, 1.82) is 5.41 Å². The predicted molar refractivity (Wildman–Crippen MR) is 141 cm³/mol. The van der Waals surface area contributed by atoms with Gasteiger partial charge in [0.2, 0.25) is 5.91 Å². The zero-order chi connectivity index (χ0) is 25.0. The Morgan fingerprint density at radius 1 is 1.09 bits per heavy atom. The number of halogens is 1. The van der Waals surface area contributed by atoms with Gasteiger partial charge in [0, 0.05) is 34.0 Å². The van der Waals surface area contributed by atoms with E-state index in [4.69, 9.17) is 5.41 Å². The number of aryl methyl sites for hydroxylation is 1. The Kier molecular flexibility index (Phi) is 7.96. The fourth-order valence-electron chi connectivity index (χ4n) is 4.80. The van der Waals surface area contributed by atoms with Gasteiger partial charge in [-0.25, -0.2) is 4.39 Å². The lowest BCUT2D eigenvalue weighted by atomic mass is 9.85. The number of hydrogen-bond acceptors (Lipinski definition) is 2. The molecule has 5 heteroatoms. The molecule has 0 saturated heterocycles. The quantitative estimate of drug-likeness (QED) is 0.377. The smallest absolute Gasteiger partial charge is 0.229 e. The second kappa shape index (κ2) is 10.5. The van der Waals surface area contributed by atoms with Crippen LogP contribution in [-0.4, -0.2) is 16.7 Å². The lowest BCUT2D eigenvalue weighted by Gasteiger charge is -2.25. The molecule has 4 nitrogen and oxygen atoms in total. The third-order valence-electron chi connectivity index (χ3n) is 6.60. The van der Waals surface area contributed by atoms with Crippen LogP contribution in [0, 0.1) is 23.6 Å². The van der Waals surface area contributed by atoms with E-state index in [1.165, 1.54) is 48.9 Å². The maximum Gasteiger partial charge on any atom is 0.229 e. The Labute approximate surface area is 203 Å². The molecule has 182 valence electrons. The standard InChI is InChI=1S/C27H32FN3O.C2H6/c1-17-22-15-23(30-26(32)27(2,3)4)19(16-29)14-24(22)31(21-12-10-20(28)11-13-21)25(17)18-8-6-5-7-9-18;1-2/h10-16,18,29H,5-9H2,1-4H3,(H,30,32);1-2H3. The van der Waals surface area contributed by atoms with Gasteiger partial charge in [0.1, 0.15) is 5.82 Å². The SMILES string of the molecule is CC.Cc1c(C2CCCCC2)n(-c2ccc(F)cc2)c2cc(C=N)c(NC(=O)C(C)(C)C)cc12. The summed E-state index contributed by atoms with van der Waals surface area (Å²) in [5.41, 5.74) is 5.15. The van der Waals surface area contributed by atoms with E-state index in [-0.39, 0.29) is 11.7 Å². The monoisotopic (exact) mass is 463 g/mol. The highest BCUT2D eigenvalue weighted by atomic mass is 19.1. The summed E-state index contributed by atoms with van der Waals surface area (Å²) in [6, 6.07) is 10.6. The van der Waals surface area contributed by atoms with Crippen LogP contribution < -0.4 is 5.32 Å². The van der Waals surface area contributed by atoms with Crippen LogP contribution in [0.15, 0.2) is 36.4 Å². The molecule has 1 aliphatic rings. The summed E-state index contributed by atoms with van der Waals surface area (Å²) in [7, 11) is 0. The Hall–Kier alpha value is -2.95. The first-order valence-electron chi connectivity index (χ1n) is 12.5. The van der Waals surface area contributed by atoms with E-state index in [1.54, 1.807) is 0 Å². The van der Waals surface area contributed by atoms with Gasteiger partial charge in [-0.05, 0) is 67.6 Å². The van der Waals surface area contributed by atoms with Crippen LogP contribution in [0.25, 0.3) is 16.6 Å². The molecule has 0 aliphatic heterocycles. The molecule has 2 aromatic carbocycles. The van der Waals surface area contributed by atoms with Gasteiger partial charge in [0.25, 0.3) is 0 Å². The molecule has 1 heterocycles. The van der Waals surface area contributed by atoms with E-state index in [0.29, 0.717) is 17.2 Å². The summed E-state index contributed by atoms with van der Waals surface area (Å²) in [6.07, 6.45) is 7.27. The Balaban J connectivity index is 0.00000158. The molecule has 1 saturated carbocycles. The minimum absolute atomic E-state index is 0.0805. The second-order valence-electron chi connectivity index (χ2n) is 9.96. The summed E-state index contributed by atoms with van der Waals surface area (Å²) in [5, 5.41) is 12.1. The average molecular weight is 464 g/mol. The molecule has 34 heavy (non-hydrogen) atoms. The zero-order valence-electron chi connectivity index (χ0n) is 21.4. The average Bonchev–Trinajstić information content (AvgIpc) is 3.11. The van der Waals surface area contributed by atoms with Crippen LogP contribution in [0.5, 0.6) is 0 Å². The first-order chi connectivity index (χ1) is 16.2. The van der Waals surface area contributed by atoms with Crippen molar-refractivity contribution in [3.63, 3.8) is 0 Å². The van der Waals surface area contributed by atoms with Crippen molar-refractivity contribution < 1.29 is 9.18 Å². The van der Waals surface area contributed by atoms with Gasteiger partial charge in [-0.3, -0.25) is 4.79 Å². The van der Waals surface area contributed by atoms with E-state index in [1.807, 2.05) is 58.9 Å². The van der Waals surface area contributed by atoms with Crippen LogP contribution in [0.2, 0.25) is 0 Å². The number of carbonyl (C=O) groups is 1. The highest BCUT2D eigenvalue weighted by molar-refractivity contribution is 6.04. The molecule has 1 aromatic heterocycles. The number of nitrogens with zero attached hydrogens (tertiary/aromatic N) is 1. The lowest BCUT2D eigenvalue weighted by Crippen LogP contribution is -2.28. The van der Waals surface area contributed by atoms with Crippen LogP contribution in [0.4, 0.5) is 10.1 Å². The highest BCUT2D eigenvalue weighted by Gasteiger charge is 2.27. The third-order valence-corrected chi connectivity index (χ3v) is 6.60. The number of hydrogen-bond donors (Lipinski definition) is 2. The molecule has 0 spiro atoms. The van der Waals surface area contributed by atoms with Gasteiger partial charge in [-0.1, -0.05) is 53.9 Å². The van der Waals surface area contributed by atoms with Crippen LogP contribution in [0.3, 0.4) is 0 Å². The van der Waals surface area contributed by atoms with Gasteiger partial charge in [-0.2, -0.15) is 0 Å². The number of benzene rings is 2. The fraction of sp³-hybridized carbons (Fsp3) is 0.448. The van der Waals surface area contributed by atoms with E-state index in [2.05, 4.69) is 16.8 Å². The molecule has 0 unspecified atom stereocenters. The van der Waals surface area contributed by atoms with E-state index in [9.17, 15) is 9.18 Å². The van der Waals surface area contributed by atoms with Gasteiger partial charge in [0.05, 0.1) is 11.2 Å². The number of fused-ring (bicyclic) bond motifs is 1. The van der Waals surface area contributed by atoms with E-state index >= 15 is 0 Å². The summed E-state index contributed by atoms with van der Waals surface area (Å²) in [4.78, 5) is 12.7. The normalized spacial score (nSPS) is 14.4. The van der Waals surface area contributed by atoms with Crippen molar-refractivity contribution in [3.8, 4) is 5.69 Å². The van der Waals surface area contributed by atoms with Gasteiger partial charge >= 0.3 is 0 Å². The van der Waals surface area contributed by atoms with Gasteiger partial charge in [0.15, 0.2) is 0 Å². The van der Waals surface area contributed by atoms with Crippen LogP contribution in [0.1, 0.15) is 89.5 Å². The Morgan fingerprint density at radius 2 is 1.71 bits per heavy atom. The minimum atomic E-state index is -0.531. The molecule has 3 aromatic rings. The number of carbonyl (C=O) groups excluding carboxylic acids is 1. The zero-order valence-corrected chi connectivity index (χ0v) is 21.4. The Bertz CT molecular complexity index is 1160. The maximum atomic E-state index is 13.7. The number of rotatable bonds is 4. The molecule has 0 atom stereocenters. The summed E-state index contributed by atoms with van der Waals surface area (Å²) in [6.45, 7) is 11.8. The van der Waals surface area contributed by atoms with E-state index < -0.39 is 5.41 Å². The molecule has 0 radical (unpaired) electrons. The first-order valence-corrected chi connectivity index (χ1v) is 12.5. The summed E-state index contributed by atoms with van der Waals surface area (Å²) in [5.74, 6) is 0.105. The lowest BCUT2D eigenvalue weighted by molar-refractivity contribution is -0.123. The summed E-state index contributed by atoms with van der Waals surface area (Å²) < 4.78 is 15.9. The van der Waals surface area contributed by atoms with Crippen molar-refractivity contribution >= 4 is 28.7 Å². The van der Waals surface area contributed by atoms with Crippen molar-refractivity contribution in [1.82, 2.24) is 4.57 Å². The number of aromatic nitrogens is 1. The number of nitrogens with one attached hydrogen (secondary N) is 2. The maximum absolute atomic E-state index is 13.7. The minimum Gasteiger partial charge on any atom is -0.325 e. The fourth-order valence-corrected chi connectivity index (χ4v) is 4.80. The van der Waals surface area contributed by atoms with Crippen molar-refractivity contribution in [2.24, 2.45) is 5.41 Å². The third kappa shape index (κ3) is 5.08. The molecule has 0 bridgehead atoms.